The van der Waals surface area contributed by atoms with Gasteiger partial charge >= 0.3 is 0 Å². The summed E-state index contributed by atoms with van der Waals surface area (Å²) in [5.74, 6) is 0.496. The van der Waals surface area contributed by atoms with Gasteiger partial charge < -0.3 is 24.0 Å². The molecule has 2 aromatic carbocycles. The van der Waals surface area contributed by atoms with Crippen molar-refractivity contribution in [3.05, 3.63) is 71.4 Å². The van der Waals surface area contributed by atoms with Crippen molar-refractivity contribution in [2.24, 2.45) is 11.8 Å². The number of carbonyl (C=O) groups excluding carboxylic acids is 2. The van der Waals surface area contributed by atoms with Crippen molar-refractivity contribution in [2.45, 2.75) is 69.6 Å². The zero-order chi connectivity index (χ0) is 37.8. The van der Waals surface area contributed by atoms with Crippen LogP contribution in [0.4, 0.5) is 5.69 Å². The number of hydrogen-bond donors (Lipinski definition) is 0. The monoisotopic (exact) mass is 743 g/mol. The van der Waals surface area contributed by atoms with Crippen LogP contribution in [-0.2, 0) is 25.0 Å². The highest BCUT2D eigenvalue weighted by Crippen LogP contribution is 2.53. The Morgan fingerprint density at radius 1 is 0.943 bits per heavy atom. The van der Waals surface area contributed by atoms with Crippen LogP contribution in [0.2, 0.25) is 0 Å². The van der Waals surface area contributed by atoms with Gasteiger partial charge in [-0.2, -0.15) is 5.26 Å². The fourth-order valence-electron chi connectivity index (χ4n) is 8.39. The predicted octanol–water partition coefficient (Wildman–Crippen LogP) is 5.53. The topological polar surface area (TPSA) is 142 Å². The summed E-state index contributed by atoms with van der Waals surface area (Å²) in [5, 5.41) is 10.0. The number of anilines is 1. The maximum atomic E-state index is 15.3. The van der Waals surface area contributed by atoms with Crippen molar-refractivity contribution in [3.63, 3.8) is 0 Å². The number of sulfonamides is 1. The molecule has 6 rings (SSSR count). The second-order valence-corrected chi connectivity index (χ2v) is 15.7. The van der Waals surface area contributed by atoms with Crippen LogP contribution in [0.1, 0.15) is 76.0 Å². The molecule has 12 nitrogen and oxygen atoms in total. The molecule has 1 unspecified atom stereocenters. The lowest BCUT2D eigenvalue weighted by atomic mass is 9.72. The Balaban J connectivity index is 1.40. The molecular weight excluding hydrogens is 695 g/mol. The molecule has 13 heteroatoms. The summed E-state index contributed by atoms with van der Waals surface area (Å²) in [7, 11) is -3.32. The fraction of sp³-hybridized carbons (Fsp3) is 0.500. The van der Waals surface area contributed by atoms with Gasteiger partial charge in [-0.05, 0) is 119 Å². The van der Waals surface area contributed by atoms with E-state index in [4.69, 9.17) is 14.2 Å². The number of likely N-dealkylation sites (tertiary alicyclic amines) is 2. The second kappa shape index (κ2) is 16.1. The lowest BCUT2D eigenvalue weighted by Gasteiger charge is -2.41. The van der Waals surface area contributed by atoms with Gasteiger partial charge in [0, 0.05) is 37.3 Å². The smallest absolute Gasteiger partial charge is 0.274 e. The Morgan fingerprint density at radius 3 is 2.28 bits per heavy atom. The summed E-state index contributed by atoms with van der Waals surface area (Å²) in [5.41, 5.74) is -1.17. The molecule has 2 fully saturated rings. The highest BCUT2D eigenvalue weighted by Gasteiger charge is 2.59. The summed E-state index contributed by atoms with van der Waals surface area (Å²) in [6.07, 6.45) is 6.36. The van der Waals surface area contributed by atoms with Crippen LogP contribution in [0.3, 0.4) is 0 Å². The average Bonchev–Trinajstić information content (AvgIpc) is 3.42. The zero-order valence-corrected chi connectivity index (χ0v) is 31.9. The molecule has 0 saturated carbocycles. The predicted molar refractivity (Wildman–Crippen MR) is 200 cm³/mol. The molecule has 0 bridgehead atoms. The Morgan fingerprint density at radius 2 is 1.64 bits per heavy atom. The standard InChI is InChI=1S/C40H49N5O7S/c1-5-19-43-20-14-29(15-21-43)30-16-22-44(23-17-30)37(46)26-40(32-9-8-18-42-38(32)52-7-3)33-24-28(27-41)10-12-34(33)45(39(40)47)53(48,49)36-13-11-31(51-6-2)25-35(36)50-4/h8-13,18,24-25,29-30H,5-7,14-17,19-23,26H2,1-4H3. The van der Waals surface area contributed by atoms with E-state index in [2.05, 4.69) is 22.9 Å². The van der Waals surface area contributed by atoms with Crippen LogP contribution in [0.5, 0.6) is 17.4 Å². The van der Waals surface area contributed by atoms with E-state index >= 15 is 4.79 Å². The molecule has 1 aromatic heterocycles. The minimum Gasteiger partial charge on any atom is -0.495 e. The quantitative estimate of drug-likeness (QED) is 0.219. The van der Waals surface area contributed by atoms with E-state index in [-0.39, 0.29) is 57.8 Å². The van der Waals surface area contributed by atoms with Gasteiger partial charge in [-0.15, -0.1) is 0 Å². The van der Waals surface area contributed by atoms with Crippen LogP contribution in [0.15, 0.2) is 59.6 Å². The molecule has 3 aliphatic heterocycles. The summed E-state index contributed by atoms with van der Waals surface area (Å²) in [6.45, 7) is 10.8. The summed E-state index contributed by atoms with van der Waals surface area (Å²) in [6, 6.07) is 14.1. The first-order valence-electron chi connectivity index (χ1n) is 18.7. The van der Waals surface area contributed by atoms with Gasteiger partial charge in [-0.3, -0.25) is 9.59 Å². The van der Waals surface area contributed by atoms with Gasteiger partial charge in [0.05, 0.1) is 37.6 Å². The van der Waals surface area contributed by atoms with E-state index in [0.717, 1.165) is 43.2 Å². The lowest BCUT2D eigenvalue weighted by molar-refractivity contribution is -0.136. The Labute approximate surface area is 312 Å². The molecule has 3 aliphatic rings. The normalized spacial score (nSPS) is 19.9. The van der Waals surface area contributed by atoms with Gasteiger partial charge in [-0.25, -0.2) is 17.7 Å². The number of aromatic nitrogens is 1. The summed E-state index contributed by atoms with van der Waals surface area (Å²) < 4.78 is 47.3. The van der Waals surface area contributed by atoms with Gasteiger partial charge in [0.1, 0.15) is 21.8 Å². The number of nitriles is 1. The number of methoxy groups -OCH3 is 1. The van der Waals surface area contributed by atoms with Crippen LogP contribution in [-0.4, -0.2) is 88.1 Å². The van der Waals surface area contributed by atoms with E-state index in [1.807, 2.05) is 6.92 Å². The number of hydrogen-bond acceptors (Lipinski definition) is 10. The molecule has 3 aromatic rings. The van der Waals surface area contributed by atoms with Crippen molar-refractivity contribution in [1.82, 2.24) is 14.8 Å². The number of nitrogens with zero attached hydrogens (tertiary/aromatic N) is 5. The van der Waals surface area contributed by atoms with Crippen LogP contribution >= 0.6 is 0 Å². The first-order valence-corrected chi connectivity index (χ1v) is 20.1. The lowest BCUT2D eigenvalue weighted by Crippen LogP contribution is -2.49. The molecule has 2 amide bonds. The number of rotatable bonds is 13. The molecule has 2 saturated heterocycles. The molecule has 0 aliphatic carbocycles. The Bertz CT molecular complexity index is 1970. The van der Waals surface area contributed by atoms with Crippen LogP contribution in [0, 0.1) is 23.2 Å². The second-order valence-electron chi connectivity index (χ2n) is 13.9. The van der Waals surface area contributed by atoms with Crippen LogP contribution in [0.25, 0.3) is 0 Å². The van der Waals surface area contributed by atoms with Crippen molar-refractivity contribution in [2.75, 3.05) is 57.4 Å². The SMILES string of the molecule is CCCN1CCC(C2CCN(C(=O)CC3(c4cccnc4OCC)C(=O)N(S(=O)(=O)c4ccc(OCC)cc4OC)c4ccc(C#N)cc43)CC2)CC1. The van der Waals surface area contributed by atoms with E-state index in [0.29, 0.717) is 37.3 Å². The number of fused-ring (bicyclic) bond motifs is 1. The maximum absolute atomic E-state index is 15.3. The highest BCUT2D eigenvalue weighted by atomic mass is 32.2. The number of ether oxygens (including phenoxy) is 3. The van der Waals surface area contributed by atoms with Crippen molar-refractivity contribution in [3.8, 4) is 23.4 Å². The van der Waals surface area contributed by atoms with E-state index in [1.165, 1.54) is 62.5 Å². The number of pyridine rings is 1. The molecule has 4 heterocycles. The first-order chi connectivity index (χ1) is 25.6. The average molecular weight is 744 g/mol. The Kier molecular flexibility index (Phi) is 11.6. The molecule has 0 N–H and O–H groups in total. The van der Waals surface area contributed by atoms with Crippen molar-refractivity contribution >= 4 is 27.5 Å². The summed E-state index contributed by atoms with van der Waals surface area (Å²) in [4.78, 5) is 38.4. The molecule has 0 spiro atoms. The summed E-state index contributed by atoms with van der Waals surface area (Å²) >= 11 is 0. The highest BCUT2D eigenvalue weighted by molar-refractivity contribution is 7.93. The molecule has 0 radical (unpaired) electrons. The minimum absolute atomic E-state index is 0.0113. The van der Waals surface area contributed by atoms with E-state index < -0.39 is 21.3 Å². The van der Waals surface area contributed by atoms with Crippen molar-refractivity contribution < 1.29 is 32.2 Å². The van der Waals surface area contributed by atoms with Crippen LogP contribution < -0.4 is 18.5 Å². The third kappa shape index (κ3) is 7.19. The molecular formula is C40H49N5O7S. The first kappa shape index (κ1) is 38.1. The minimum atomic E-state index is -4.66. The van der Waals surface area contributed by atoms with E-state index in [9.17, 15) is 18.5 Å². The van der Waals surface area contributed by atoms with Gasteiger partial charge in [0.2, 0.25) is 11.8 Å². The molecule has 282 valence electrons. The van der Waals surface area contributed by atoms with Gasteiger partial charge in [0.15, 0.2) is 0 Å². The Hall–Kier alpha value is -4.67. The molecule has 1 atom stereocenters. The number of amides is 2. The van der Waals surface area contributed by atoms with Gasteiger partial charge in [0.25, 0.3) is 15.9 Å². The largest absolute Gasteiger partial charge is 0.495 e. The van der Waals surface area contributed by atoms with Crippen molar-refractivity contribution in [1.29, 1.82) is 5.26 Å². The maximum Gasteiger partial charge on any atom is 0.274 e. The third-order valence-corrected chi connectivity index (χ3v) is 12.7. The number of carbonyl (C=O) groups is 2. The molecule has 53 heavy (non-hydrogen) atoms. The third-order valence-electron chi connectivity index (χ3n) is 11.0. The zero-order valence-electron chi connectivity index (χ0n) is 31.0. The van der Waals surface area contributed by atoms with E-state index in [1.54, 1.807) is 24.0 Å². The number of piperidine rings is 2. The number of benzene rings is 2. The van der Waals surface area contributed by atoms with Gasteiger partial charge in [-0.1, -0.05) is 13.0 Å². The fourth-order valence-corrected chi connectivity index (χ4v) is 10.0.